The average Bonchev–Trinajstić information content (AvgIpc) is 3.25. The molecule has 154 valence electrons. The number of aliphatic hydroxyl groups is 3. The van der Waals surface area contributed by atoms with Gasteiger partial charge in [0.25, 0.3) is 0 Å². The monoisotopic (exact) mass is 405 g/mol. The Labute approximate surface area is 164 Å². The van der Waals surface area contributed by atoms with E-state index in [0.717, 1.165) is 5.56 Å². The molecule has 0 amide bonds. The van der Waals surface area contributed by atoms with Crippen LogP contribution in [0.5, 0.6) is 6.01 Å². The molecule has 1 aromatic carbocycles. The van der Waals surface area contributed by atoms with Gasteiger partial charge in [-0.15, -0.1) is 0 Å². The fourth-order valence-corrected chi connectivity index (χ4v) is 3.19. The number of rotatable bonds is 6. The van der Waals surface area contributed by atoms with Crippen LogP contribution in [0.2, 0.25) is 0 Å². The summed E-state index contributed by atoms with van der Waals surface area (Å²) in [5.41, 5.74) is 7.37. The van der Waals surface area contributed by atoms with Gasteiger partial charge in [-0.05, 0) is 17.7 Å². The van der Waals surface area contributed by atoms with Crippen LogP contribution in [0.3, 0.4) is 0 Å². The number of halogens is 1. The van der Waals surface area contributed by atoms with Gasteiger partial charge in [-0.1, -0.05) is 12.1 Å². The highest BCUT2D eigenvalue weighted by molar-refractivity contribution is 5.82. The molecule has 1 aliphatic heterocycles. The number of nitrogens with two attached hydrogens (primary N) is 1. The van der Waals surface area contributed by atoms with Crippen LogP contribution in [0.4, 0.5) is 10.2 Å². The van der Waals surface area contributed by atoms with Crippen molar-refractivity contribution < 1.29 is 29.2 Å². The van der Waals surface area contributed by atoms with Crippen LogP contribution in [-0.2, 0) is 11.2 Å². The van der Waals surface area contributed by atoms with Crippen molar-refractivity contribution in [1.29, 1.82) is 0 Å². The van der Waals surface area contributed by atoms with E-state index >= 15 is 0 Å². The molecule has 0 aliphatic carbocycles. The van der Waals surface area contributed by atoms with E-state index in [0.29, 0.717) is 6.42 Å². The highest BCUT2D eigenvalue weighted by atomic mass is 19.1. The van der Waals surface area contributed by atoms with Gasteiger partial charge in [0.15, 0.2) is 23.2 Å². The minimum atomic E-state index is -1.29. The fourth-order valence-electron chi connectivity index (χ4n) is 3.19. The molecule has 1 aliphatic rings. The predicted octanol–water partition coefficient (Wildman–Crippen LogP) is -0.219. The van der Waals surface area contributed by atoms with Gasteiger partial charge >= 0.3 is 6.01 Å². The van der Waals surface area contributed by atoms with Crippen LogP contribution in [0, 0.1) is 5.82 Å². The van der Waals surface area contributed by atoms with Crippen molar-refractivity contribution in [2.75, 3.05) is 18.9 Å². The van der Waals surface area contributed by atoms with Gasteiger partial charge in [0, 0.05) is 6.42 Å². The minimum Gasteiger partial charge on any atom is -0.463 e. The molecule has 3 heterocycles. The van der Waals surface area contributed by atoms with Gasteiger partial charge in [-0.2, -0.15) is 9.97 Å². The van der Waals surface area contributed by atoms with Crippen molar-refractivity contribution >= 4 is 17.0 Å². The van der Waals surface area contributed by atoms with E-state index in [1.807, 2.05) is 0 Å². The molecule has 5 N–H and O–H groups in total. The molecule has 0 radical (unpaired) electrons. The van der Waals surface area contributed by atoms with Gasteiger partial charge in [-0.3, -0.25) is 4.57 Å². The van der Waals surface area contributed by atoms with Gasteiger partial charge < -0.3 is 30.5 Å². The summed E-state index contributed by atoms with van der Waals surface area (Å²) in [6.07, 6.45) is -2.61. The second-order valence-electron chi connectivity index (χ2n) is 6.67. The first-order valence-electron chi connectivity index (χ1n) is 8.97. The van der Waals surface area contributed by atoms with E-state index in [9.17, 15) is 19.7 Å². The predicted molar refractivity (Wildman–Crippen MR) is 98.3 cm³/mol. The maximum atomic E-state index is 13.0. The van der Waals surface area contributed by atoms with Crippen molar-refractivity contribution in [2.24, 2.45) is 0 Å². The Hall–Kier alpha value is -2.86. The average molecular weight is 405 g/mol. The molecule has 4 atom stereocenters. The minimum absolute atomic E-state index is 0.00519. The second-order valence-corrected chi connectivity index (χ2v) is 6.67. The summed E-state index contributed by atoms with van der Waals surface area (Å²) in [7, 11) is 0. The Morgan fingerprint density at radius 2 is 1.93 bits per heavy atom. The number of hydrogen-bond acceptors (Lipinski definition) is 9. The highest BCUT2D eigenvalue weighted by Gasteiger charge is 2.44. The number of ether oxygens (including phenoxy) is 2. The third-order valence-corrected chi connectivity index (χ3v) is 4.75. The summed E-state index contributed by atoms with van der Waals surface area (Å²) >= 11 is 0. The summed E-state index contributed by atoms with van der Waals surface area (Å²) < 4.78 is 25.5. The van der Waals surface area contributed by atoms with E-state index in [4.69, 9.17) is 15.2 Å². The number of aliphatic hydroxyl groups excluding tert-OH is 3. The van der Waals surface area contributed by atoms with Crippen LogP contribution < -0.4 is 10.5 Å². The van der Waals surface area contributed by atoms with Crippen molar-refractivity contribution in [3.8, 4) is 6.01 Å². The summed E-state index contributed by atoms with van der Waals surface area (Å²) in [6, 6.07) is 6.07. The van der Waals surface area contributed by atoms with Gasteiger partial charge in [-0.25, -0.2) is 9.37 Å². The van der Waals surface area contributed by atoms with E-state index in [1.165, 1.54) is 23.0 Å². The fraction of sp³-hybridized carbons (Fsp3) is 0.389. The van der Waals surface area contributed by atoms with Crippen LogP contribution in [0.25, 0.3) is 11.2 Å². The molecular formula is C18H20FN5O5. The summed E-state index contributed by atoms with van der Waals surface area (Å²) in [6.45, 7) is -0.213. The molecule has 0 unspecified atom stereocenters. The smallest absolute Gasteiger partial charge is 0.320 e. The maximum absolute atomic E-state index is 13.0. The quantitative estimate of drug-likeness (QED) is 0.437. The third-order valence-electron chi connectivity index (χ3n) is 4.75. The Morgan fingerprint density at radius 3 is 2.62 bits per heavy atom. The van der Waals surface area contributed by atoms with Crippen molar-refractivity contribution in [1.82, 2.24) is 19.5 Å². The number of nitrogen functional groups attached to an aromatic ring is 1. The number of aromatic nitrogens is 4. The Kier molecular flexibility index (Phi) is 5.28. The maximum Gasteiger partial charge on any atom is 0.320 e. The number of benzene rings is 1. The number of imidazole rings is 1. The Bertz CT molecular complexity index is 998. The zero-order valence-electron chi connectivity index (χ0n) is 15.2. The summed E-state index contributed by atoms with van der Waals surface area (Å²) in [5.74, 6) is -0.230. The molecule has 29 heavy (non-hydrogen) atoms. The number of nitrogens with zero attached hydrogens (tertiary/aromatic N) is 4. The SMILES string of the molecule is Nc1nc(OCCc2ccc(F)cc2)nc2c1ncn2[C@H]1O[C@H](CO)[C@@H](O)[C@H]1O. The van der Waals surface area contributed by atoms with E-state index in [2.05, 4.69) is 15.0 Å². The largest absolute Gasteiger partial charge is 0.463 e. The van der Waals surface area contributed by atoms with Gasteiger partial charge in [0.1, 0.15) is 24.1 Å². The lowest BCUT2D eigenvalue weighted by atomic mass is 10.1. The van der Waals surface area contributed by atoms with E-state index in [1.54, 1.807) is 12.1 Å². The molecule has 1 saturated heterocycles. The molecule has 10 nitrogen and oxygen atoms in total. The topological polar surface area (TPSA) is 149 Å². The number of hydrogen-bond donors (Lipinski definition) is 4. The van der Waals surface area contributed by atoms with E-state index in [-0.39, 0.29) is 35.4 Å². The molecule has 1 fully saturated rings. The van der Waals surface area contributed by atoms with Gasteiger partial charge in [0.2, 0.25) is 0 Å². The van der Waals surface area contributed by atoms with Crippen LogP contribution in [0.1, 0.15) is 11.8 Å². The summed E-state index contributed by atoms with van der Waals surface area (Å²) in [5, 5.41) is 29.5. The molecule has 0 spiro atoms. The third kappa shape index (κ3) is 3.72. The zero-order valence-corrected chi connectivity index (χ0v) is 15.2. The molecule has 4 rings (SSSR count). The lowest BCUT2D eigenvalue weighted by Gasteiger charge is -2.16. The molecule has 0 bridgehead atoms. The Balaban J connectivity index is 1.54. The van der Waals surface area contributed by atoms with E-state index < -0.39 is 31.1 Å². The Morgan fingerprint density at radius 1 is 1.17 bits per heavy atom. The number of fused-ring (bicyclic) bond motifs is 1. The normalized spacial score (nSPS) is 24.3. The first kappa shape index (κ1) is 19.5. The van der Waals surface area contributed by atoms with Crippen molar-refractivity contribution in [2.45, 2.75) is 31.0 Å². The zero-order chi connectivity index (χ0) is 20.5. The van der Waals surface area contributed by atoms with Crippen LogP contribution in [-0.4, -0.2) is 66.4 Å². The first-order valence-corrected chi connectivity index (χ1v) is 8.97. The molecule has 3 aromatic rings. The summed E-state index contributed by atoms with van der Waals surface area (Å²) in [4.78, 5) is 12.5. The van der Waals surface area contributed by atoms with Crippen LogP contribution in [0.15, 0.2) is 30.6 Å². The molecular weight excluding hydrogens is 385 g/mol. The van der Waals surface area contributed by atoms with Crippen LogP contribution >= 0.6 is 0 Å². The van der Waals surface area contributed by atoms with Crippen molar-refractivity contribution in [3.63, 3.8) is 0 Å². The number of anilines is 1. The second kappa shape index (κ2) is 7.87. The lowest BCUT2D eigenvalue weighted by molar-refractivity contribution is -0.0511. The first-order chi connectivity index (χ1) is 14.0. The van der Waals surface area contributed by atoms with Gasteiger partial charge in [0.05, 0.1) is 19.5 Å². The van der Waals surface area contributed by atoms with Crippen molar-refractivity contribution in [3.05, 3.63) is 42.0 Å². The lowest BCUT2D eigenvalue weighted by Crippen LogP contribution is -2.33. The standard InChI is InChI=1S/C18H20FN5O5/c19-10-3-1-9(2-4-10)5-6-28-18-22-15(20)12-16(23-18)24(8-21-12)17-14(27)13(26)11(7-25)29-17/h1-4,8,11,13-14,17,25-27H,5-7H2,(H2,20,22,23)/t11-,13-,14-,17+/m1/s1. The molecule has 2 aromatic heterocycles. The molecule has 0 saturated carbocycles. The molecule has 11 heteroatoms. The highest BCUT2D eigenvalue weighted by Crippen LogP contribution is 2.32.